The molecule has 0 aliphatic heterocycles. The number of carbonyl (C=O) groups excluding carboxylic acids is 4. The minimum absolute atomic E-state index is 0.0308. The van der Waals surface area contributed by atoms with Gasteiger partial charge in [0.15, 0.2) is 12.4 Å². The van der Waals surface area contributed by atoms with Crippen LogP contribution in [0.15, 0.2) is 12.1 Å². The smallest absolute Gasteiger partial charge is 0.339 e. The molecule has 1 N–H and O–H groups in total. The second-order valence-electron chi connectivity index (χ2n) is 5.73. The third-order valence-corrected chi connectivity index (χ3v) is 5.15. The maximum absolute atomic E-state index is 12.3. The fourth-order valence-corrected chi connectivity index (χ4v) is 3.54. The molecule has 0 amide bonds. The average Bonchev–Trinajstić information content (AvgIpc) is 3.20. The molecule has 2 aromatic heterocycles. The van der Waals surface area contributed by atoms with E-state index < -0.39 is 24.3 Å². The van der Waals surface area contributed by atoms with Gasteiger partial charge in [0.1, 0.15) is 0 Å². The summed E-state index contributed by atoms with van der Waals surface area (Å²) in [6.45, 7) is 2.76. The molecule has 0 atom stereocenters. The number of ether oxygens (including phenoxy) is 2. The lowest BCUT2D eigenvalue weighted by Gasteiger charge is -2.04. The molecule has 0 aliphatic rings. The summed E-state index contributed by atoms with van der Waals surface area (Å²) >= 11 is 6.91. The summed E-state index contributed by atoms with van der Waals surface area (Å²) < 4.78 is 10.1. The Kier molecular flexibility index (Phi) is 6.92. The highest BCUT2D eigenvalue weighted by Crippen LogP contribution is 2.23. The molecule has 0 aliphatic carbocycles. The van der Waals surface area contributed by atoms with Crippen molar-refractivity contribution in [2.45, 2.75) is 26.7 Å². The van der Waals surface area contributed by atoms with Gasteiger partial charge in [0.2, 0.25) is 5.78 Å². The number of H-pyrrole nitrogens is 1. The van der Waals surface area contributed by atoms with Crippen LogP contribution in [0.3, 0.4) is 0 Å². The number of aryl methyl sites for hydroxylation is 1. The van der Waals surface area contributed by atoms with E-state index in [2.05, 4.69) is 9.72 Å². The van der Waals surface area contributed by atoms with Gasteiger partial charge in [0, 0.05) is 12.1 Å². The highest BCUT2D eigenvalue weighted by Gasteiger charge is 2.23. The van der Waals surface area contributed by atoms with Crippen LogP contribution in [-0.2, 0) is 14.3 Å². The minimum Gasteiger partial charge on any atom is -0.465 e. The van der Waals surface area contributed by atoms with Crippen molar-refractivity contribution >= 4 is 46.4 Å². The Balaban J connectivity index is 1.89. The van der Waals surface area contributed by atoms with Gasteiger partial charge in [-0.1, -0.05) is 11.6 Å². The maximum atomic E-state index is 12.3. The zero-order chi connectivity index (χ0) is 20.1. The molecule has 0 unspecified atom stereocenters. The van der Waals surface area contributed by atoms with Crippen molar-refractivity contribution in [1.82, 2.24) is 4.98 Å². The highest BCUT2D eigenvalue weighted by atomic mass is 35.5. The zero-order valence-electron chi connectivity index (χ0n) is 15.0. The Morgan fingerprint density at radius 3 is 2.41 bits per heavy atom. The predicted molar refractivity (Wildman–Crippen MR) is 99.8 cm³/mol. The lowest BCUT2D eigenvalue weighted by atomic mass is 10.1. The van der Waals surface area contributed by atoms with Crippen LogP contribution in [0.5, 0.6) is 0 Å². The van der Waals surface area contributed by atoms with Crippen LogP contribution in [0.2, 0.25) is 4.34 Å². The maximum Gasteiger partial charge on any atom is 0.339 e. The van der Waals surface area contributed by atoms with Crippen LogP contribution in [0.4, 0.5) is 0 Å². The first kappa shape index (κ1) is 20.9. The van der Waals surface area contributed by atoms with Gasteiger partial charge >= 0.3 is 11.9 Å². The number of nitrogens with one attached hydrogen (secondary N) is 1. The normalized spacial score (nSPS) is 10.5. The second-order valence-corrected chi connectivity index (χ2v) is 7.44. The number of rotatable bonds is 8. The number of aromatic amines is 1. The van der Waals surface area contributed by atoms with E-state index in [1.165, 1.54) is 7.11 Å². The van der Waals surface area contributed by atoms with Crippen molar-refractivity contribution in [2.24, 2.45) is 0 Å². The molecular weight excluding hydrogens is 394 g/mol. The molecular formula is C18H18ClNO6S. The number of Topliss-reactive ketones (excluding diaryl/α,β-unsaturated/α-hetero) is 2. The average molecular weight is 412 g/mol. The lowest BCUT2D eigenvalue weighted by Crippen LogP contribution is -2.16. The number of methoxy groups -OCH3 is 1. The van der Waals surface area contributed by atoms with E-state index >= 15 is 0 Å². The first-order valence-electron chi connectivity index (χ1n) is 7.99. The molecule has 2 aromatic rings. The Morgan fingerprint density at radius 2 is 1.81 bits per heavy atom. The largest absolute Gasteiger partial charge is 0.465 e. The molecule has 0 spiro atoms. The van der Waals surface area contributed by atoms with Gasteiger partial charge in [-0.3, -0.25) is 14.4 Å². The van der Waals surface area contributed by atoms with Crippen molar-refractivity contribution in [1.29, 1.82) is 0 Å². The third kappa shape index (κ3) is 5.05. The van der Waals surface area contributed by atoms with Crippen LogP contribution in [0, 0.1) is 13.8 Å². The molecule has 9 heteroatoms. The summed E-state index contributed by atoms with van der Waals surface area (Å²) in [6.07, 6.45) is -0.172. The third-order valence-electron chi connectivity index (χ3n) is 3.87. The van der Waals surface area contributed by atoms with E-state index in [0.717, 1.165) is 11.3 Å². The number of carbonyl (C=O) groups is 4. The van der Waals surface area contributed by atoms with Crippen molar-refractivity contribution in [3.8, 4) is 0 Å². The number of hydrogen-bond donors (Lipinski definition) is 1. The minimum atomic E-state index is -0.659. The van der Waals surface area contributed by atoms with E-state index in [4.69, 9.17) is 16.3 Å². The van der Waals surface area contributed by atoms with Gasteiger partial charge in [-0.2, -0.15) is 0 Å². The van der Waals surface area contributed by atoms with Crippen LogP contribution < -0.4 is 0 Å². The van der Waals surface area contributed by atoms with Crippen LogP contribution in [0.25, 0.3) is 0 Å². The topological polar surface area (TPSA) is 103 Å². The first-order valence-corrected chi connectivity index (χ1v) is 9.18. The monoisotopic (exact) mass is 411 g/mol. The first-order chi connectivity index (χ1) is 12.7. The number of aromatic nitrogens is 1. The summed E-state index contributed by atoms with van der Waals surface area (Å²) in [6, 6.07) is 3.21. The van der Waals surface area contributed by atoms with Crippen molar-refractivity contribution < 1.29 is 28.7 Å². The van der Waals surface area contributed by atoms with Gasteiger partial charge in [-0.05, 0) is 31.5 Å². The summed E-state index contributed by atoms with van der Waals surface area (Å²) in [4.78, 5) is 51.0. The molecule has 2 rings (SSSR count). The summed E-state index contributed by atoms with van der Waals surface area (Å²) in [5.74, 6) is -1.90. The van der Waals surface area contributed by atoms with E-state index in [1.807, 2.05) is 0 Å². The Morgan fingerprint density at radius 1 is 1.11 bits per heavy atom. The van der Waals surface area contributed by atoms with Gasteiger partial charge < -0.3 is 14.5 Å². The van der Waals surface area contributed by atoms with Gasteiger partial charge in [0.05, 0.1) is 34.0 Å². The molecule has 0 aromatic carbocycles. The van der Waals surface area contributed by atoms with E-state index in [9.17, 15) is 19.2 Å². The quantitative estimate of drug-likeness (QED) is 0.526. The van der Waals surface area contributed by atoms with Crippen LogP contribution in [-0.4, -0.2) is 42.2 Å². The number of esters is 2. The van der Waals surface area contributed by atoms with Crippen molar-refractivity contribution in [3.63, 3.8) is 0 Å². The molecule has 144 valence electrons. The van der Waals surface area contributed by atoms with E-state index in [1.54, 1.807) is 26.0 Å². The predicted octanol–water partition coefficient (Wildman–Crippen LogP) is 3.52. The molecule has 0 saturated carbocycles. The standard InChI is InChI=1S/C18H18ClNO6S/c1-9-16(18(24)25-3)10(2)20-17(9)12(22)8-26-15(23)7-4-11(21)13-5-6-14(19)27-13/h5-6,20H,4,7-8H2,1-3H3. The summed E-state index contributed by atoms with van der Waals surface area (Å²) in [5, 5.41) is 0. The SMILES string of the molecule is COC(=O)c1c(C)[nH]c(C(=O)COC(=O)CCC(=O)c2ccc(Cl)s2)c1C. The molecule has 27 heavy (non-hydrogen) atoms. The fourth-order valence-electron chi connectivity index (χ4n) is 2.53. The van der Waals surface area contributed by atoms with Crippen molar-refractivity contribution in [2.75, 3.05) is 13.7 Å². The number of thiophene rings is 1. The number of hydrogen-bond acceptors (Lipinski definition) is 7. The summed E-state index contributed by atoms with van der Waals surface area (Å²) in [7, 11) is 1.25. The lowest BCUT2D eigenvalue weighted by molar-refractivity contribution is -0.142. The zero-order valence-corrected chi connectivity index (χ0v) is 16.6. The molecule has 0 radical (unpaired) electrons. The summed E-state index contributed by atoms with van der Waals surface area (Å²) in [5.41, 5.74) is 1.40. The molecule has 2 heterocycles. The van der Waals surface area contributed by atoms with Gasteiger partial charge in [0.25, 0.3) is 0 Å². The number of ketones is 2. The Hall–Kier alpha value is -2.45. The van der Waals surface area contributed by atoms with Gasteiger partial charge in [-0.25, -0.2) is 4.79 Å². The van der Waals surface area contributed by atoms with Crippen molar-refractivity contribution in [3.05, 3.63) is 43.9 Å². The Bertz CT molecular complexity index is 898. The Labute approximate surface area is 164 Å². The van der Waals surface area contributed by atoms with Crippen LogP contribution in [0.1, 0.15) is 54.6 Å². The molecule has 0 saturated heterocycles. The molecule has 0 fully saturated rings. The number of halogens is 1. The fraction of sp³-hybridized carbons (Fsp3) is 0.333. The second kappa shape index (κ2) is 8.96. The molecule has 7 nitrogen and oxygen atoms in total. The van der Waals surface area contributed by atoms with Crippen LogP contribution >= 0.6 is 22.9 Å². The van der Waals surface area contributed by atoms with Gasteiger partial charge in [-0.15, -0.1) is 11.3 Å². The van der Waals surface area contributed by atoms with E-state index in [-0.39, 0.29) is 29.9 Å². The molecule has 0 bridgehead atoms. The highest BCUT2D eigenvalue weighted by molar-refractivity contribution is 7.18. The van der Waals surface area contributed by atoms with E-state index in [0.29, 0.717) is 20.5 Å².